The number of rotatable bonds is 8. The van der Waals surface area contributed by atoms with Gasteiger partial charge in [-0.15, -0.1) is 0 Å². The van der Waals surface area contributed by atoms with E-state index in [9.17, 15) is 78.4 Å². The Hall–Kier alpha value is 0.940. The number of hydrogen-bond donors (Lipinski definition) is 3. The van der Waals surface area contributed by atoms with Gasteiger partial charge in [0, 0.05) is 76.8 Å². The van der Waals surface area contributed by atoms with Gasteiger partial charge in [0.1, 0.15) is 50.8 Å². The Bertz CT molecular complexity index is 3860. The zero-order chi connectivity index (χ0) is 41.7. The SMILES string of the molecule is O=S(=O)([O-])c1cc(OS(=O)(=O)c2cc(S(=O)(=O)O)c3ccc4c(S(=O)(=O)O)cc(O)c5ccc2c3c54)c2ccc3c(S(=O)(=O)[O-])cc(S(=O)(=O)[O-])c4ccc1c2c34.[H-].[H-].[H-].[Na+].[Na+].[Na+].[Na+].[Na+].[Na+]. The fourth-order valence-corrected chi connectivity index (χ4v) is 12.1. The van der Waals surface area contributed by atoms with Crippen LogP contribution in [0.2, 0.25) is 0 Å². The molecule has 8 aromatic rings. The normalized spacial score (nSPS) is 12.6. The number of hydrogen-bond acceptors (Lipinski definition) is 17. The van der Waals surface area contributed by atoms with Crippen molar-refractivity contribution < 1.29 is 264 Å². The van der Waals surface area contributed by atoms with Gasteiger partial charge in [0.05, 0.1) is 14.7 Å². The van der Waals surface area contributed by atoms with Crippen molar-refractivity contribution >= 4 is 125 Å². The van der Waals surface area contributed by atoms with Crippen molar-refractivity contribution in [3.8, 4) is 11.5 Å². The molecule has 0 saturated heterocycles. The van der Waals surface area contributed by atoms with E-state index in [1.807, 2.05) is 0 Å². The van der Waals surface area contributed by atoms with Gasteiger partial charge >= 0.3 is 187 Å². The van der Waals surface area contributed by atoms with E-state index in [4.69, 9.17) is 4.18 Å². The van der Waals surface area contributed by atoms with Crippen LogP contribution in [0.25, 0.3) is 64.6 Å². The van der Waals surface area contributed by atoms with E-state index < -0.39 is 150 Å². The third-order valence-corrected chi connectivity index (χ3v) is 15.0. The fourth-order valence-electron chi connectivity index (χ4n) is 7.23. The quantitative estimate of drug-likeness (QED) is 0.0551. The average Bonchev–Trinajstić information content (AvgIpc) is 3.07. The van der Waals surface area contributed by atoms with E-state index in [0.29, 0.717) is 24.3 Å². The van der Waals surface area contributed by atoms with Crippen molar-refractivity contribution in [2.45, 2.75) is 29.4 Å². The minimum Gasteiger partial charge on any atom is -1.00 e. The Labute approximate surface area is 494 Å². The monoisotopic (exact) mass is 1040 g/mol. The summed E-state index contributed by atoms with van der Waals surface area (Å²) in [4.78, 5) is -6.79. The summed E-state index contributed by atoms with van der Waals surface area (Å²) in [5, 5.41) is 5.28. The van der Waals surface area contributed by atoms with Crippen LogP contribution >= 0.6 is 0 Å². The van der Waals surface area contributed by atoms with E-state index in [0.717, 1.165) is 48.5 Å². The number of phenols is 1. The summed E-state index contributed by atoms with van der Waals surface area (Å²) >= 11 is 0. The van der Waals surface area contributed by atoms with Gasteiger partial charge < -0.3 is 27.2 Å². The molecule has 0 heterocycles. The van der Waals surface area contributed by atoms with Crippen molar-refractivity contribution in [2.75, 3.05) is 0 Å². The fraction of sp³-hybridized carbons (Fsp3) is 0. The van der Waals surface area contributed by atoms with Gasteiger partial charge in [-0.25, -0.2) is 25.3 Å². The van der Waals surface area contributed by atoms with Crippen LogP contribution in [0.15, 0.2) is 102 Å². The predicted octanol–water partition coefficient (Wildman–Crippen LogP) is -14.5. The summed E-state index contributed by atoms with van der Waals surface area (Å²) in [6.07, 6.45) is 0. The summed E-state index contributed by atoms with van der Waals surface area (Å²) in [7, 11) is -32.9. The number of benzene rings is 8. The first kappa shape index (κ1) is 60.1. The van der Waals surface area contributed by atoms with Gasteiger partial charge in [-0.3, -0.25) is 9.11 Å². The van der Waals surface area contributed by atoms with Crippen molar-refractivity contribution in [2.24, 2.45) is 0 Å². The van der Waals surface area contributed by atoms with E-state index >= 15 is 0 Å². The molecule has 0 unspecified atom stereocenters. The van der Waals surface area contributed by atoms with E-state index in [-0.39, 0.29) is 198 Å². The van der Waals surface area contributed by atoms with Crippen LogP contribution in [-0.4, -0.2) is 78.4 Å². The van der Waals surface area contributed by atoms with Gasteiger partial charge in [0.2, 0.25) is 0 Å². The molecule has 19 nitrogen and oxygen atoms in total. The molecule has 0 aliphatic heterocycles. The average molecular weight is 1040 g/mol. The Morgan fingerprint density at radius 2 is 0.651 bits per heavy atom. The van der Waals surface area contributed by atoms with Gasteiger partial charge in [-0.2, -0.15) is 25.3 Å². The Morgan fingerprint density at radius 3 is 1.03 bits per heavy atom. The standard InChI is InChI=1S/C32H18O19S6.6Na.3H/c33-21-9-23(52(34,35)36)15-5-7-19-27(56(46,47)48)12-28(20-3-1-13(21)29(15)32(19)20)57(49,50)51-22-10-24(53(37,38)39)16-6-8-18-26(55(43,44)45)11-25(54(40,41)42)17-4-2-14(22)30(16)31(17)18;;;;;;;;;/h1-12,33H,(H,34,35,36)(H,37,38,39)(H,40,41,42)(H,43,44,45)(H,46,47,48);;;;;;;;;/q;6*+1;3*-1/p-3. The van der Waals surface area contributed by atoms with Crippen LogP contribution < -0.4 is 182 Å². The van der Waals surface area contributed by atoms with Crippen molar-refractivity contribution in [3.05, 3.63) is 72.8 Å². The molecule has 63 heavy (non-hydrogen) atoms. The van der Waals surface area contributed by atoms with Gasteiger partial charge in [-0.1, -0.05) is 36.4 Å². The summed E-state index contributed by atoms with van der Waals surface area (Å²) in [6.45, 7) is 0. The molecule has 0 amide bonds. The zero-order valence-corrected chi connectivity index (χ0v) is 50.2. The minimum absolute atomic E-state index is 0. The third-order valence-electron chi connectivity index (χ3n) is 9.34. The predicted molar refractivity (Wildman–Crippen MR) is 197 cm³/mol. The van der Waals surface area contributed by atoms with E-state index in [1.54, 1.807) is 0 Å². The molecule has 8 aromatic carbocycles. The van der Waals surface area contributed by atoms with Gasteiger partial charge in [-0.05, 0) is 24.3 Å². The molecule has 0 atom stereocenters. The Kier molecular flexibility index (Phi) is 19.0. The summed E-state index contributed by atoms with van der Waals surface area (Å²) < 4.78 is 216. The maximum Gasteiger partial charge on any atom is 1.00 e. The van der Waals surface area contributed by atoms with Crippen molar-refractivity contribution in [3.63, 3.8) is 0 Å². The van der Waals surface area contributed by atoms with Crippen LogP contribution in [0.1, 0.15) is 4.28 Å². The van der Waals surface area contributed by atoms with E-state index in [2.05, 4.69) is 0 Å². The van der Waals surface area contributed by atoms with Gasteiger partial charge in [0.15, 0.2) is 5.75 Å². The molecule has 8 rings (SSSR count). The smallest absolute Gasteiger partial charge is 1.00 e. The van der Waals surface area contributed by atoms with Crippen LogP contribution in [0.5, 0.6) is 11.5 Å². The molecule has 3 N–H and O–H groups in total. The molecule has 0 fully saturated rings. The third kappa shape index (κ3) is 10.4. The second-order valence-corrected chi connectivity index (χ2v) is 20.8. The van der Waals surface area contributed by atoms with Crippen LogP contribution in [0.4, 0.5) is 0 Å². The molecule has 302 valence electrons. The Morgan fingerprint density at radius 1 is 0.381 bits per heavy atom. The van der Waals surface area contributed by atoms with Crippen molar-refractivity contribution in [1.29, 1.82) is 0 Å². The molecule has 0 aromatic heterocycles. The topological polar surface area (TPSA) is 344 Å². The summed E-state index contributed by atoms with van der Waals surface area (Å²) in [5.41, 5.74) is 0. The summed E-state index contributed by atoms with van der Waals surface area (Å²) in [5.74, 6) is -1.79. The molecule has 0 aliphatic carbocycles. The van der Waals surface area contributed by atoms with Gasteiger partial charge in [0.25, 0.3) is 20.2 Å². The first-order valence-electron chi connectivity index (χ1n) is 15.1. The number of aromatic hydroxyl groups is 1. The molecule has 0 saturated carbocycles. The van der Waals surface area contributed by atoms with Crippen LogP contribution in [0.3, 0.4) is 0 Å². The maximum atomic E-state index is 14.4. The van der Waals surface area contributed by atoms with Crippen LogP contribution in [-0.2, 0) is 60.7 Å². The zero-order valence-electron chi connectivity index (χ0n) is 36.3. The molecule has 0 aliphatic rings. The first-order valence-corrected chi connectivity index (χ1v) is 23.6. The Balaban J connectivity index is 0. The minimum atomic E-state index is -5.65. The number of phenolic OH excluding ortho intramolecular Hbond substituents is 1. The second kappa shape index (κ2) is 20.0. The largest absolute Gasteiger partial charge is 1.00 e. The molecule has 0 radical (unpaired) electrons. The van der Waals surface area contributed by atoms with E-state index in [1.165, 1.54) is 0 Å². The molecule has 0 spiro atoms. The summed E-state index contributed by atoms with van der Waals surface area (Å²) in [6, 6.07) is 9.51. The molecule has 0 bridgehead atoms. The van der Waals surface area contributed by atoms with Crippen molar-refractivity contribution in [1.82, 2.24) is 0 Å². The maximum absolute atomic E-state index is 14.4. The molecular formula is C32H18Na6O19S6. The second-order valence-electron chi connectivity index (χ2n) is 12.5. The first-order chi connectivity index (χ1) is 26.1. The van der Waals surface area contributed by atoms with Crippen LogP contribution in [0, 0.1) is 0 Å². The molecular weight excluding hydrogens is 1020 g/mol. The molecule has 31 heteroatoms.